The number of benzene rings is 2. The van der Waals surface area contributed by atoms with Crippen LogP contribution in [0.1, 0.15) is 32.1 Å². The third-order valence-corrected chi connectivity index (χ3v) is 4.13. The van der Waals surface area contributed by atoms with Crippen LogP contribution in [-0.2, 0) is 12.8 Å². The number of hydrogen-bond acceptors (Lipinski definition) is 6. The van der Waals surface area contributed by atoms with Gasteiger partial charge in [-0.1, -0.05) is 60.7 Å². The lowest BCUT2D eigenvalue weighted by Gasteiger charge is -1.99. The van der Waals surface area contributed by atoms with Crippen LogP contribution in [0.4, 0.5) is 0 Å². The molecule has 0 fully saturated rings. The van der Waals surface area contributed by atoms with Crippen LogP contribution in [0.15, 0.2) is 97.3 Å². The number of carbonyl (C=O) groups excluding carboxylic acids is 2. The summed E-state index contributed by atoms with van der Waals surface area (Å²) in [5, 5.41) is 15.2. The highest BCUT2D eigenvalue weighted by Crippen LogP contribution is 2.05. The van der Waals surface area contributed by atoms with Crippen molar-refractivity contribution >= 4 is 11.6 Å². The zero-order chi connectivity index (χ0) is 21.0. The molecule has 0 unspecified atom stereocenters. The molecule has 6 heteroatoms. The predicted octanol–water partition coefficient (Wildman–Crippen LogP) is 3.80. The van der Waals surface area contributed by atoms with Crippen molar-refractivity contribution in [3.05, 3.63) is 120 Å². The first-order valence-electron chi connectivity index (χ1n) is 9.42. The average molecular weight is 396 g/mol. The van der Waals surface area contributed by atoms with Gasteiger partial charge in [-0.2, -0.15) is 20.4 Å². The van der Waals surface area contributed by atoms with Crippen LogP contribution >= 0.6 is 0 Å². The first-order chi connectivity index (χ1) is 14.7. The number of ketones is 2. The van der Waals surface area contributed by atoms with E-state index in [2.05, 4.69) is 20.4 Å². The molecule has 0 saturated heterocycles. The molecule has 0 amide bonds. The molecule has 0 N–H and O–H groups in total. The number of hydrogen-bond donors (Lipinski definition) is 0. The summed E-state index contributed by atoms with van der Waals surface area (Å²) in [6, 6.07) is 25.6. The summed E-state index contributed by atoms with van der Waals surface area (Å²) in [5.41, 5.74) is 2.82. The Morgan fingerprint density at radius 1 is 0.533 bits per heavy atom. The normalized spacial score (nSPS) is 9.87. The molecule has 2 aromatic carbocycles. The van der Waals surface area contributed by atoms with Crippen LogP contribution in [0.3, 0.4) is 0 Å². The van der Waals surface area contributed by atoms with Crippen molar-refractivity contribution in [2.45, 2.75) is 12.8 Å². The summed E-state index contributed by atoms with van der Waals surface area (Å²) in [4.78, 5) is 23.5. The fourth-order valence-corrected chi connectivity index (χ4v) is 2.64. The van der Waals surface area contributed by atoms with Gasteiger partial charge in [0.25, 0.3) is 0 Å². The van der Waals surface area contributed by atoms with E-state index in [1.807, 2.05) is 36.4 Å². The van der Waals surface area contributed by atoms with Crippen LogP contribution in [-0.4, -0.2) is 32.0 Å². The van der Waals surface area contributed by atoms with Crippen molar-refractivity contribution in [2.24, 2.45) is 0 Å². The molecule has 4 aromatic rings. The summed E-state index contributed by atoms with van der Waals surface area (Å²) in [7, 11) is 0. The number of aromatic nitrogens is 4. The van der Waals surface area contributed by atoms with Crippen LogP contribution < -0.4 is 0 Å². The van der Waals surface area contributed by atoms with E-state index in [4.69, 9.17) is 0 Å². The molecule has 0 saturated carbocycles. The van der Waals surface area contributed by atoms with Gasteiger partial charge in [-0.15, -0.1) is 0 Å². The molecular formula is C24H20N4O2. The third kappa shape index (κ3) is 6.53. The maximum absolute atomic E-state index is 11.7. The molecule has 2 aromatic heterocycles. The number of Topliss-reactive ketones (excluding diaryl/α,β-unsaturated/α-hetero) is 2. The lowest BCUT2D eigenvalue weighted by Crippen LogP contribution is -2.05. The number of carbonyl (C=O) groups is 2. The molecule has 4 rings (SSSR count). The van der Waals surface area contributed by atoms with Crippen molar-refractivity contribution in [3.8, 4) is 0 Å². The highest BCUT2D eigenvalue weighted by molar-refractivity contribution is 5.97. The zero-order valence-electron chi connectivity index (χ0n) is 16.3. The summed E-state index contributed by atoms with van der Waals surface area (Å²) >= 11 is 0. The van der Waals surface area contributed by atoms with E-state index in [1.165, 1.54) is 0 Å². The molecular weight excluding hydrogens is 376 g/mol. The predicted molar refractivity (Wildman–Crippen MR) is 113 cm³/mol. The van der Waals surface area contributed by atoms with Crippen molar-refractivity contribution in [2.75, 3.05) is 0 Å². The van der Waals surface area contributed by atoms with Gasteiger partial charge in [0, 0.05) is 23.5 Å². The molecule has 0 radical (unpaired) electrons. The standard InChI is InChI=1S/2C12H10N2O/c2*15-12(10-5-2-1-3-6-10)9-11-7-4-8-13-14-11/h2*1-8H,9H2. The molecule has 0 atom stereocenters. The van der Waals surface area contributed by atoms with E-state index in [0.29, 0.717) is 35.4 Å². The van der Waals surface area contributed by atoms with Crippen LogP contribution in [0, 0.1) is 0 Å². The minimum absolute atomic E-state index is 0.0658. The van der Waals surface area contributed by atoms with E-state index < -0.39 is 0 Å². The van der Waals surface area contributed by atoms with E-state index in [-0.39, 0.29) is 11.6 Å². The van der Waals surface area contributed by atoms with Crippen molar-refractivity contribution in [1.29, 1.82) is 0 Å². The molecule has 0 aliphatic carbocycles. The molecule has 30 heavy (non-hydrogen) atoms. The maximum Gasteiger partial charge on any atom is 0.168 e. The Morgan fingerprint density at radius 2 is 0.933 bits per heavy atom. The van der Waals surface area contributed by atoms with Crippen LogP contribution in [0.2, 0.25) is 0 Å². The second-order valence-corrected chi connectivity index (χ2v) is 6.36. The SMILES string of the molecule is O=C(Cc1cccnn1)c1ccccc1.O=C(Cc1cccnn1)c1ccccc1. The van der Waals surface area contributed by atoms with E-state index in [0.717, 1.165) is 0 Å². The molecule has 0 bridgehead atoms. The fraction of sp³-hybridized carbons (Fsp3) is 0.0833. The average Bonchev–Trinajstić information content (AvgIpc) is 2.82. The summed E-state index contributed by atoms with van der Waals surface area (Å²) in [5.74, 6) is 0.132. The quantitative estimate of drug-likeness (QED) is 0.461. The van der Waals surface area contributed by atoms with Gasteiger partial charge in [-0.3, -0.25) is 9.59 Å². The van der Waals surface area contributed by atoms with Crippen molar-refractivity contribution in [3.63, 3.8) is 0 Å². The van der Waals surface area contributed by atoms with Crippen LogP contribution in [0.25, 0.3) is 0 Å². The Kier molecular flexibility index (Phi) is 7.62. The molecule has 6 nitrogen and oxygen atoms in total. The number of rotatable bonds is 6. The van der Waals surface area contributed by atoms with E-state index in [1.54, 1.807) is 60.9 Å². The lowest BCUT2D eigenvalue weighted by atomic mass is 10.1. The van der Waals surface area contributed by atoms with Crippen molar-refractivity contribution < 1.29 is 9.59 Å². The molecule has 148 valence electrons. The summed E-state index contributed by atoms with van der Waals surface area (Å²) in [6.07, 6.45) is 3.79. The Labute approximate surface area is 174 Å². The first kappa shape index (κ1) is 20.7. The topological polar surface area (TPSA) is 85.7 Å². The Hall–Kier alpha value is -4.06. The largest absolute Gasteiger partial charge is 0.294 e. The van der Waals surface area contributed by atoms with Crippen molar-refractivity contribution in [1.82, 2.24) is 20.4 Å². The highest BCUT2D eigenvalue weighted by atomic mass is 16.1. The van der Waals surface area contributed by atoms with Gasteiger partial charge in [0.2, 0.25) is 0 Å². The van der Waals surface area contributed by atoms with Gasteiger partial charge >= 0.3 is 0 Å². The minimum atomic E-state index is 0.0658. The molecule has 0 aliphatic heterocycles. The third-order valence-electron chi connectivity index (χ3n) is 4.13. The Bertz CT molecular complexity index is 968. The summed E-state index contributed by atoms with van der Waals surface area (Å²) in [6.45, 7) is 0. The molecule has 0 spiro atoms. The van der Waals surface area contributed by atoms with Gasteiger partial charge in [0.05, 0.1) is 24.2 Å². The smallest absolute Gasteiger partial charge is 0.168 e. The van der Waals surface area contributed by atoms with Gasteiger partial charge in [0.15, 0.2) is 11.6 Å². The first-order valence-corrected chi connectivity index (χ1v) is 9.42. The number of nitrogens with zero attached hydrogens (tertiary/aromatic N) is 4. The highest BCUT2D eigenvalue weighted by Gasteiger charge is 2.07. The van der Waals surface area contributed by atoms with Gasteiger partial charge in [-0.25, -0.2) is 0 Å². The van der Waals surface area contributed by atoms with Gasteiger partial charge < -0.3 is 0 Å². The Balaban J connectivity index is 0.000000171. The molecule has 0 aliphatic rings. The molecule has 2 heterocycles. The van der Waals surface area contributed by atoms with Gasteiger partial charge in [-0.05, 0) is 24.3 Å². The monoisotopic (exact) mass is 396 g/mol. The van der Waals surface area contributed by atoms with E-state index in [9.17, 15) is 9.59 Å². The zero-order valence-corrected chi connectivity index (χ0v) is 16.3. The van der Waals surface area contributed by atoms with E-state index >= 15 is 0 Å². The second kappa shape index (κ2) is 11.1. The van der Waals surface area contributed by atoms with Gasteiger partial charge in [0.1, 0.15) is 0 Å². The lowest BCUT2D eigenvalue weighted by molar-refractivity contribution is 0.0983. The summed E-state index contributed by atoms with van der Waals surface area (Å²) < 4.78 is 0. The maximum atomic E-state index is 11.7. The Morgan fingerprint density at radius 3 is 1.27 bits per heavy atom. The second-order valence-electron chi connectivity index (χ2n) is 6.36. The van der Waals surface area contributed by atoms with Crippen LogP contribution in [0.5, 0.6) is 0 Å². The fourth-order valence-electron chi connectivity index (χ4n) is 2.64. The minimum Gasteiger partial charge on any atom is -0.294 e.